The van der Waals surface area contributed by atoms with Crippen LogP contribution in [0.5, 0.6) is 11.5 Å². The first-order valence-corrected chi connectivity index (χ1v) is 33.1. The molecule has 0 fully saturated rings. The molecule has 28 nitrogen and oxygen atoms in total. The quantitative estimate of drug-likeness (QED) is 0.0298. The van der Waals surface area contributed by atoms with Gasteiger partial charge in [-0.3, -0.25) is 22.8 Å². The highest BCUT2D eigenvalue weighted by Gasteiger charge is 2.28. The van der Waals surface area contributed by atoms with Crippen LogP contribution in [-0.4, -0.2) is 90.0 Å². The zero-order valence-corrected chi connectivity index (χ0v) is 50.2. The van der Waals surface area contributed by atoms with Crippen molar-refractivity contribution in [2.24, 2.45) is 20.5 Å². The second-order valence-corrected chi connectivity index (χ2v) is 27.0. The molecule has 0 aliphatic carbocycles. The van der Waals surface area contributed by atoms with Crippen molar-refractivity contribution in [3.05, 3.63) is 168 Å². The Morgan fingerprint density at radius 2 is 0.956 bits per heavy atom. The van der Waals surface area contributed by atoms with Gasteiger partial charge in [-0.05, 0) is 130 Å². The van der Waals surface area contributed by atoms with Gasteiger partial charge in [0, 0.05) is 49.3 Å². The molecule has 90 heavy (non-hydrogen) atoms. The Balaban J connectivity index is 0.855. The zero-order chi connectivity index (χ0) is 64.4. The lowest BCUT2D eigenvalue weighted by molar-refractivity contribution is 0.471. The van der Waals surface area contributed by atoms with E-state index in [1.807, 2.05) is 0 Å². The molecule has 458 valence electrons. The van der Waals surface area contributed by atoms with E-state index in [-0.39, 0.29) is 54.7 Å². The standard InChI is InChI=1S/C55H37Cl2N11O17S5/c56-31-23-35(25-36(24-31)59-40-9-3-7-29-21-44(88(77,78)79)49(50(69)46(29)40)68-66-41-18-11-27-5-1-2-8-39(27)52(41)90(83,84)85)58-32-12-14-33(15-13-32)60-54-62-53(57)63-55(64-54)61-42-26-37(86(71,72)73)20-30-22-45(89(80,81)82)48(51(70)47(30)42)67-65-34-16-17-38-28(19-34)6-4-10-43(38)87(74,75)76/h1-26,58-59,69-70H,(H,71,72,73)(H,74,75,76)(H,77,78,79)(H,80,81,82)(H,83,84,85)(H2,60,61,62,63,64)/b67-65+,68-66?. The number of hydrogen-bond acceptors (Lipinski definition) is 23. The molecule has 35 heteroatoms. The van der Waals surface area contributed by atoms with Crippen molar-refractivity contribution < 1.29 is 75.1 Å². The Morgan fingerprint density at radius 3 is 1.60 bits per heavy atom. The highest BCUT2D eigenvalue weighted by atomic mass is 35.5. The molecule has 10 aromatic carbocycles. The van der Waals surface area contributed by atoms with Crippen LogP contribution in [0.4, 0.5) is 68.8 Å². The highest BCUT2D eigenvalue weighted by Crippen LogP contribution is 2.48. The largest absolute Gasteiger partial charge is 0.505 e. The Labute approximate surface area is 518 Å². The number of fused-ring (bicyclic) bond motifs is 4. The molecular formula is C55H37Cl2N11O17S5. The molecule has 0 aliphatic heterocycles. The van der Waals surface area contributed by atoms with Crippen molar-refractivity contribution in [2.45, 2.75) is 24.5 Å². The number of aromatic hydroxyl groups is 2. The first kappa shape index (κ1) is 62.0. The van der Waals surface area contributed by atoms with Gasteiger partial charge in [0.25, 0.3) is 50.6 Å². The van der Waals surface area contributed by atoms with Crippen molar-refractivity contribution in [2.75, 3.05) is 21.3 Å². The molecule has 11 aromatic rings. The Morgan fingerprint density at radius 1 is 0.389 bits per heavy atom. The number of aromatic nitrogens is 3. The van der Waals surface area contributed by atoms with E-state index in [0.29, 0.717) is 28.1 Å². The smallest absolute Gasteiger partial charge is 0.297 e. The maximum atomic E-state index is 12.8. The molecule has 1 aromatic heterocycles. The average Bonchev–Trinajstić information content (AvgIpc) is 0.767. The van der Waals surface area contributed by atoms with Gasteiger partial charge in [0.2, 0.25) is 17.2 Å². The van der Waals surface area contributed by atoms with Crippen LogP contribution in [0.25, 0.3) is 43.1 Å². The second kappa shape index (κ2) is 23.4. The number of rotatable bonds is 17. The number of halogens is 2. The lowest BCUT2D eigenvalue weighted by Gasteiger charge is -2.16. The van der Waals surface area contributed by atoms with Crippen LogP contribution in [0.15, 0.2) is 203 Å². The monoisotopic (exact) mass is 1350 g/mol. The van der Waals surface area contributed by atoms with Crippen LogP contribution in [0.1, 0.15) is 0 Å². The van der Waals surface area contributed by atoms with E-state index in [0.717, 1.165) is 30.3 Å². The van der Waals surface area contributed by atoms with Crippen molar-refractivity contribution in [1.82, 2.24) is 15.0 Å². The molecular weight excluding hydrogens is 1320 g/mol. The minimum absolute atomic E-state index is 0.0126. The van der Waals surface area contributed by atoms with Crippen LogP contribution in [0.2, 0.25) is 10.3 Å². The lowest BCUT2D eigenvalue weighted by atomic mass is 10.1. The van der Waals surface area contributed by atoms with E-state index >= 15 is 0 Å². The number of phenolic OH excluding ortho intramolecular Hbond substituents is 2. The Kier molecular flexibility index (Phi) is 16.1. The summed E-state index contributed by atoms with van der Waals surface area (Å²) in [5.74, 6) is -2.40. The fourth-order valence-corrected chi connectivity index (χ4v) is 13.3. The summed E-state index contributed by atoms with van der Waals surface area (Å²) in [5, 5.41) is 51.2. The van der Waals surface area contributed by atoms with Gasteiger partial charge >= 0.3 is 0 Å². The van der Waals surface area contributed by atoms with Gasteiger partial charge in [-0.15, -0.1) is 15.3 Å². The Hall–Kier alpha value is -9.62. The molecule has 0 saturated heterocycles. The molecule has 0 bridgehead atoms. The van der Waals surface area contributed by atoms with Crippen LogP contribution in [0, 0.1) is 0 Å². The van der Waals surface area contributed by atoms with E-state index in [9.17, 15) is 75.1 Å². The van der Waals surface area contributed by atoms with Crippen LogP contribution in [-0.2, 0) is 50.6 Å². The molecule has 0 aliphatic rings. The minimum Gasteiger partial charge on any atom is -0.505 e. The van der Waals surface area contributed by atoms with Gasteiger partial charge in [-0.2, -0.15) is 62.2 Å². The number of anilines is 8. The van der Waals surface area contributed by atoms with Gasteiger partial charge in [0.1, 0.15) is 36.6 Å². The number of nitrogens with one attached hydrogen (secondary N) is 4. The molecule has 0 unspecified atom stereocenters. The number of benzene rings is 10. The topological polar surface area (TPSA) is 449 Å². The first-order valence-electron chi connectivity index (χ1n) is 25.1. The predicted molar refractivity (Wildman–Crippen MR) is 332 cm³/mol. The predicted octanol–water partition coefficient (Wildman–Crippen LogP) is 13.2. The maximum Gasteiger partial charge on any atom is 0.297 e. The van der Waals surface area contributed by atoms with E-state index in [1.165, 1.54) is 78.9 Å². The summed E-state index contributed by atoms with van der Waals surface area (Å²) >= 11 is 12.9. The molecule has 0 radical (unpaired) electrons. The van der Waals surface area contributed by atoms with E-state index in [2.05, 4.69) is 56.7 Å². The van der Waals surface area contributed by atoms with Gasteiger partial charge in [0.05, 0.1) is 22.0 Å². The third-order valence-electron chi connectivity index (χ3n) is 13.3. The summed E-state index contributed by atoms with van der Waals surface area (Å²) < 4.78 is 176. The summed E-state index contributed by atoms with van der Waals surface area (Å²) in [5.41, 5.74) is -0.660. The zero-order valence-electron chi connectivity index (χ0n) is 44.7. The summed E-state index contributed by atoms with van der Waals surface area (Å²) in [4.78, 5) is 8.61. The number of phenols is 2. The van der Waals surface area contributed by atoms with Gasteiger partial charge < -0.3 is 31.5 Å². The molecule has 1 heterocycles. The van der Waals surface area contributed by atoms with Crippen molar-refractivity contribution in [3.8, 4) is 11.5 Å². The first-order chi connectivity index (χ1) is 42.3. The molecule has 0 amide bonds. The van der Waals surface area contributed by atoms with Gasteiger partial charge in [-0.1, -0.05) is 72.3 Å². The molecule has 0 atom stereocenters. The molecule has 0 spiro atoms. The fourth-order valence-electron chi connectivity index (χ4n) is 9.52. The summed E-state index contributed by atoms with van der Waals surface area (Å²) in [6.45, 7) is 0. The van der Waals surface area contributed by atoms with Gasteiger partial charge in [-0.25, -0.2) is 0 Å². The van der Waals surface area contributed by atoms with Crippen molar-refractivity contribution in [1.29, 1.82) is 0 Å². The van der Waals surface area contributed by atoms with E-state index in [1.54, 1.807) is 48.5 Å². The lowest BCUT2D eigenvalue weighted by Crippen LogP contribution is -2.06. The maximum absolute atomic E-state index is 12.8. The number of hydrogen-bond donors (Lipinski definition) is 11. The highest BCUT2D eigenvalue weighted by molar-refractivity contribution is 7.87. The molecule has 11 rings (SSSR count). The fraction of sp³-hybridized carbons (Fsp3) is 0. The van der Waals surface area contributed by atoms with Gasteiger partial charge in [0.15, 0.2) is 11.5 Å². The SMILES string of the molecule is O=S(=O)(O)c1cc(Nc2nc(Cl)nc(Nc3ccc(Nc4cc(Cl)cc(Nc5cccc6cc(S(=O)(=O)O)c(N=Nc7ccc8ccccc8c7S(=O)(=O)O)c(O)c56)c4)cc3)n2)c2c(O)c(/N=N/c3ccc4c(S(=O)(=O)O)cccc4c3)c(S(=O)(=O)O)cc2c1. The van der Waals surface area contributed by atoms with Crippen molar-refractivity contribution in [3.63, 3.8) is 0 Å². The van der Waals surface area contributed by atoms with Crippen LogP contribution >= 0.6 is 23.2 Å². The summed E-state index contributed by atoms with van der Waals surface area (Å²) in [6, 6.07) is 35.8. The third-order valence-corrected chi connectivity index (χ3v) is 18.1. The Bertz CT molecular complexity index is 5540. The van der Waals surface area contributed by atoms with Crippen molar-refractivity contribution >= 4 is 186 Å². The summed E-state index contributed by atoms with van der Waals surface area (Å²) in [6.07, 6.45) is 0. The summed E-state index contributed by atoms with van der Waals surface area (Å²) in [7, 11) is -25.1. The van der Waals surface area contributed by atoms with Crippen LogP contribution in [0.3, 0.4) is 0 Å². The number of nitrogens with zero attached hydrogens (tertiary/aromatic N) is 7. The third kappa shape index (κ3) is 13.1. The van der Waals surface area contributed by atoms with Crippen LogP contribution < -0.4 is 21.3 Å². The van der Waals surface area contributed by atoms with E-state index < -0.39 is 126 Å². The molecule has 0 saturated carbocycles. The minimum atomic E-state index is -5.29. The number of azo groups is 2. The van der Waals surface area contributed by atoms with E-state index in [4.69, 9.17) is 23.2 Å². The second-order valence-electron chi connectivity index (χ2n) is 19.2. The average molecular weight is 1360 g/mol. The normalized spacial score (nSPS) is 12.6. The molecule has 11 N–H and O–H groups in total.